The molecule has 7 heteroatoms. The van der Waals surface area contributed by atoms with Gasteiger partial charge < -0.3 is 20.5 Å². The van der Waals surface area contributed by atoms with Crippen molar-refractivity contribution in [3.63, 3.8) is 0 Å². The number of fused-ring (bicyclic) bond motifs is 1. The number of carbonyl (C=O) groups excluding carboxylic acids is 1. The Hall–Kier alpha value is -1.73. The number of hydrogen-bond acceptors (Lipinski definition) is 6. The molecule has 0 saturated carbocycles. The zero-order chi connectivity index (χ0) is 25.5. The van der Waals surface area contributed by atoms with Gasteiger partial charge >= 0.3 is 5.97 Å². The highest BCUT2D eigenvalue weighted by Crippen LogP contribution is 2.25. The Kier molecular flexibility index (Phi) is 14.2. The Morgan fingerprint density at radius 2 is 1.86 bits per heavy atom. The molecule has 2 heterocycles. The van der Waals surface area contributed by atoms with Crippen molar-refractivity contribution in [2.24, 2.45) is 17.6 Å². The van der Waals surface area contributed by atoms with Gasteiger partial charge in [0.1, 0.15) is 18.0 Å². The third kappa shape index (κ3) is 12.2. The third-order valence-corrected chi connectivity index (χ3v) is 6.67. The molecule has 0 aromatic carbocycles. The van der Waals surface area contributed by atoms with E-state index >= 15 is 0 Å². The number of nitrogens with zero attached hydrogens (tertiary/aromatic N) is 1. The number of hydrogen-bond donors (Lipinski definition) is 2. The lowest BCUT2D eigenvalue weighted by atomic mass is 9.90. The summed E-state index contributed by atoms with van der Waals surface area (Å²) in [5.41, 5.74) is 8.46. The highest BCUT2D eigenvalue weighted by Gasteiger charge is 2.18. The van der Waals surface area contributed by atoms with Gasteiger partial charge in [-0.25, -0.2) is 9.37 Å². The molecule has 1 unspecified atom stereocenters. The van der Waals surface area contributed by atoms with Gasteiger partial charge in [-0.15, -0.1) is 0 Å². The average Bonchev–Trinajstić information content (AvgIpc) is 2.84. The van der Waals surface area contributed by atoms with E-state index in [1.165, 1.54) is 12.0 Å². The topological polar surface area (TPSA) is 86.5 Å². The summed E-state index contributed by atoms with van der Waals surface area (Å²) in [6.07, 6.45) is 10.6. The van der Waals surface area contributed by atoms with Crippen molar-refractivity contribution in [1.29, 1.82) is 0 Å². The van der Waals surface area contributed by atoms with Gasteiger partial charge in [0.15, 0.2) is 0 Å². The highest BCUT2D eigenvalue weighted by molar-refractivity contribution is 5.75. The number of methoxy groups -OCH3 is 1. The summed E-state index contributed by atoms with van der Waals surface area (Å²) in [6, 6.07) is 3.81. The maximum Gasteiger partial charge on any atom is 0.322 e. The second-order valence-electron chi connectivity index (χ2n) is 10.5. The van der Waals surface area contributed by atoms with Crippen molar-refractivity contribution >= 4 is 11.8 Å². The summed E-state index contributed by atoms with van der Waals surface area (Å²) >= 11 is 0. The first-order chi connectivity index (χ1) is 16.9. The number of aromatic nitrogens is 1. The molecular formula is C28H48FN3O3. The predicted octanol–water partition coefficient (Wildman–Crippen LogP) is 5.62. The number of anilines is 1. The molecule has 1 aliphatic heterocycles. The predicted molar refractivity (Wildman–Crippen MR) is 140 cm³/mol. The molecule has 35 heavy (non-hydrogen) atoms. The number of esters is 1. The van der Waals surface area contributed by atoms with Gasteiger partial charge in [-0.1, -0.05) is 58.4 Å². The summed E-state index contributed by atoms with van der Waals surface area (Å²) in [5, 5.41) is 3.41. The molecular weight excluding hydrogens is 445 g/mol. The average molecular weight is 494 g/mol. The number of halogens is 1. The fourth-order valence-electron chi connectivity index (χ4n) is 4.69. The standard InChI is InChI=1S/C28H48FN3O3/c1-21(2)19-35-28(33)26(30)14-8-7-11-22(18-24(29)20-34-3)10-5-4-6-13-25-16-15-23-12-9-17-31-27(23)32-25/h15-16,21-22,24,26H,4-14,17-20,30H2,1-3H3,(H,31,32)/t22?,24-,26-/m0/s1. The normalized spacial score (nSPS) is 15.8. The molecule has 0 radical (unpaired) electrons. The first-order valence-corrected chi connectivity index (χ1v) is 13.7. The number of rotatable bonds is 18. The molecule has 1 aromatic rings. The number of alkyl halides is 1. The van der Waals surface area contributed by atoms with E-state index in [0.29, 0.717) is 31.3 Å². The van der Waals surface area contributed by atoms with Crippen LogP contribution in [0.5, 0.6) is 0 Å². The van der Waals surface area contributed by atoms with E-state index in [4.69, 9.17) is 20.2 Å². The number of nitrogens with one attached hydrogen (secondary N) is 1. The van der Waals surface area contributed by atoms with Crippen LogP contribution in [-0.2, 0) is 27.1 Å². The minimum Gasteiger partial charge on any atom is -0.464 e. The molecule has 0 spiro atoms. The van der Waals surface area contributed by atoms with Crippen LogP contribution in [0.1, 0.15) is 89.3 Å². The van der Waals surface area contributed by atoms with Gasteiger partial charge in [0.2, 0.25) is 0 Å². The summed E-state index contributed by atoms with van der Waals surface area (Å²) in [4.78, 5) is 16.7. The molecule has 6 nitrogen and oxygen atoms in total. The maximum atomic E-state index is 14.3. The molecule has 0 fully saturated rings. The molecule has 0 bridgehead atoms. The van der Waals surface area contributed by atoms with Crippen molar-refractivity contribution < 1.29 is 18.7 Å². The van der Waals surface area contributed by atoms with E-state index in [1.807, 2.05) is 13.8 Å². The van der Waals surface area contributed by atoms with Gasteiger partial charge in [-0.3, -0.25) is 4.79 Å². The van der Waals surface area contributed by atoms with Crippen LogP contribution in [0.2, 0.25) is 0 Å². The number of ether oxygens (including phenoxy) is 2. The first-order valence-electron chi connectivity index (χ1n) is 13.7. The Labute approximate surface area is 211 Å². The van der Waals surface area contributed by atoms with Crippen LogP contribution < -0.4 is 11.1 Å². The van der Waals surface area contributed by atoms with Crippen molar-refractivity contribution in [2.45, 2.75) is 103 Å². The SMILES string of the molecule is COC[C@@H](F)CC(CCCCCc1ccc2c(n1)NCCC2)CCCC[C@H](N)C(=O)OCC(C)C. The Balaban J connectivity index is 1.67. The molecule has 0 amide bonds. The Morgan fingerprint density at radius 3 is 2.60 bits per heavy atom. The fourth-order valence-corrected chi connectivity index (χ4v) is 4.69. The van der Waals surface area contributed by atoms with Crippen LogP contribution in [0.25, 0.3) is 0 Å². The van der Waals surface area contributed by atoms with E-state index in [9.17, 15) is 9.18 Å². The van der Waals surface area contributed by atoms with Gasteiger partial charge in [0.05, 0.1) is 13.2 Å². The van der Waals surface area contributed by atoms with Crippen molar-refractivity contribution in [1.82, 2.24) is 4.98 Å². The number of aryl methyl sites for hydroxylation is 2. The molecule has 2 rings (SSSR count). The van der Waals surface area contributed by atoms with Gasteiger partial charge in [-0.2, -0.15) is 0 Å². The van der Waals surface area contributed by atoms with Gasteiger partial charge in [0.25, 0.3) is 0 Å². The van der Waals surface area contributed by atoms with E-state index < -0.39 is 12.2 Å². The lowest BCUT2D eigenvalue weighted by Crippen LogP contribution is -2.33. The maximum absolute atomic E-state index is 14.3. The quantitative estimate of drug-likeness (QED) is 0.204. The Morgan fingerprint density at radius 1 is 1.11 bits per heavy atom. The van der Waals surface area contributed by atoms with Crippen LogP contribution >= 0.6 is 0 Å². The molecule has 3 N–H and O–H groups in total. The number of unbranched alkanes of at least 4 members (excludes halogenated alkanes) is 3. The van der Waals surface area contributed by atoms with E-state index in [0.717, 1.165) is 75.8 Å². The van der Waals surface area contributed by atoms with Crippen LogP contribution in [-0.4, -0.2) is 50.0 Å². The molecule has 3 atom stereocenters. The summed E-state index contributed by atoms with van der Waals surface area (Å²) in [5.74, 6) is 1.38. The zero-order valence-electron chi connectivity index (χ0n) is 22.2. The summed E-state index contributed by atoms with van der Waals surface area (Å²) < 4.78 is 24.5. The number of carbonyl (C=O) groups is 1. The Bertz CT molecular complexity index is 731. The van der Waals surface area contributed by atoms with Crippen LogP contribution in [0.4, 0.5) is 10.2 Å². The minimum absolute atomic E-state index is 0.154. The third-order valence-electron chi connectivity index (χ3n) is 6.67. The summed E-state index contributed by atoms with van der Waals surface area (Å²) in [7, 11) is 1.55. The zero-order valence-corrected chi connectivity index (χ0v) is 22.2. The summed E-state index contributed by atoms with van der Waals surface area (Å²) in [6.45, 7) is 5.58. The second-order valence-corrected chi connectivity index (χ2v) is 10.5. The second kappa shape index (κ2) is 16.9. The molecule has 200 valence electrons. The molecule has 0 aliphatic carbocycles. The van der Waals surface area contributed by atoms with Crippen LogP contribution in [0.15, 0.2) is 12.1 Å². The van der Waals surface area contributed by atoms with E-state index in [-0.39, 0.29) is 12.6 Å². The smallest absolute Gasteiger partial charge is 0.322 e. The largest absolute Gasteiger partial charge is 0.464 e. The molecule has 1 aliphatic rings. The van der Waals surface area contributed by atoms with Crippen molar-refractivity contribution in [3.8, 4) is 0 Å². The van der Waals surface area contributed by atoms with Crippen LogP contribution in [0.3, 0.4) is 0 Å². The first kappa shape index (κ1) is 29.5. The minimum atomic E-state index is -0.925. The van der Waals surface area contributed by atoms with E-state index in [1.54, 1.807) is 7.11 Å². The number of nitrogens with two attached hydrogens (primary N) is 1. The van der Waals surface area contributed by atoms with Crippen LogP contribution in [0, 0.1) is 11.8 Å². The fraction of sp³-hybridized carbons (Fsp3) is 0.786. The highest BCUT2D eigenvalue weighted by atomic mass is 19.1. The molecule has 1 aromatic heterocycles. The van der Waals surface area contributed by atoms with E-state index in [2.05, 4.69) is 17.4 Å². The molecule has 0 saturated heterocycles. The van der Waals surface area contributed by atoms with Crippen molar-refractivity contribution in [3.05, 3.63) is 23.4 Å². The number of pyridine rings is 1. The lowest BCUT2D eigenvalue weighted by Gasteiger charge is -2.20. The monoisotopic (exact) mass is 493 g/mol. The van der Waals surface area contributed by atoms with Gasteiger partial charge in [-0.05, 0) is 62.0 Å². The lowest BCUT2D eigenvalue weighted by molar-refractivity contribution is -0.146. The van der Waals surface area contributed by atoms with Crippen molar-refractivity contribution in [2.75, 3.05) is 32.2 Å². The van der Waals surface area contributed by atoms with Gasteiger partial charge in [0, 0.05) is 19.3 Å².